The minimum absolute atomic E-state index is 0.201. The van der Waals surface area contributed by atoms with Crippen molar-refractivity contribution in [3.8, 4) is 5.75 Å². The predicted molar refractivity (Wildman–Crippen MR) is 74.2 cm³/mol. The van der Waals surface area contributed by atoms with Crippen molar-refractivity contribution in [2.24, 2.45) is 0 Å². The Labute approximate surface area is 101 Å². The van der Waals surface area contributed by atoms with E-state index in [0.29, 0.717) is 5.75 Å². The van der Waals surface area contributed by atoms with Crippen LogP contribution in [0.15, 0.2) is 24.3 Å². The third kappa shape index (κ3) is 2.98. The number of phenolic OH excluding ortho intramolecular Hbond substituents is 1. The second kappa shape index (κ2) is 4.37. The monoisotopic (exact) mass is 238 g/mol. The van der Waals surface area contributed by atoms with Crippen LogP contribution in [0.5, 0.6) is 5.75 Å². The third-order valence-corrected chi connectivity index (χ3v) is 6.01. The van der Waals surface area contributed by atoms with Crippen molar-refractivity contribution >= 4 is 13.2 Å². The van der Waals surface area contributed by atoms with Crippen molar-refractivity contribution < 1.29 is 5.11 Å². The Kier molecular flexibility index (Phi) is 3.69. The molecule has 90 valence electrons. The summed E-state index contributed by atoms with van der Waals surface area (Å²) in [6, 6.07) is 7.76. The number of benzene rings is 1. The molecule has 1 aromatic carbocycles. The van der Waals surface area contributed by atoms with Crippen LogP contribution >= 0.6 is 7.92 Å². The number of hydrogen-bond donors (Lipinski definition) is 1. The van der Waals surface area contributed by atoms with Crippen LogP contribution in [0.1, 0.15) is 41.5 Å². The summed E-state index contributed by atoms with van der Waals surface area (Å²) >= 11 is 0. The summed E-state index contributed by atoms with van der Waals surface area (Å²) in [4.78, 5) is 0. The van der Waals surface area contributed by atoms with Gasteiger partial charge in [-0.15, -0.1) is 0 Å². The lowest BCUT2D eigenvalue weighted by Gasteiger charge is -2.41. The highest BCUT2D eigenvalue weighted by molar-refractivity contribution is 7.68. The molecule has 0 aliphatic carbocycles. The van der Waals surface area contributed by atoms with Crippen molar-refractivity contribution in [3.63, 3.8) is 0 Å². The van der Waals surface area contributed by atoms with Crippen LogP contribution in [0.4, 0.5) is 0 Å². The smallest absolute Gasteiger partial charge is 0.123 e. The zero-order valence-corrected chi connectivity index (χ0v) is 12.1. The van der Waals surface area contributed by atoms with Crippen molar-refractivity contribution in [3.05, 3.63) is 24.3 Å². The van der Waals surface area contributed by atoms with Crippen LogP contribution < -0.4 is 5.30 Å². The van der Waals surface area contributed by atoms with E-state index in [9.17, 15) is 5.11 Å². The van der Waals surface area contributed by atoms with Gasteiger partial charge in [0.05, 0.1) is 0 Å². The maximum atomic E-state index is 10.0. The molecule has 0 saturated carbocycles. The molecule has 0 aliphatic heterocycles. The van der Waals surface area contributed by atoms with E-state index in [1.165, 1.54) is 0 Å². The van der Waals surface area contributed by atoms with Gasteiger partial charge in [-0.1, -0.05) is 67.7 Å². The highest BCUT2D eigenvalue weighted by Crippen LogP contribution is 2.59. The Morgan fingerprint density at radius 2 is 1.31 bits per heavy atom. The number of hydrogen-bond acceptors (Lipinski definition) is 1. The van der Waals surface area contributed by atoms with Gasteiger partial charge in [-0.05, 0) is 16.4 Å². The lowest BCUT2D eigenvalue weighted by atomic mass is 10.2. The molecule has 0 aliphatic rings. The largest absolute Gasteiger partial charge is 0.507 e. The molecule has 2 heteroatoms. The molecule has 1 nitrogen and oxygen atoms in total. The molecule has 0 bridgehead atoms. The van der Waals surface area contributed by atoms with Gasteiger partial charge in [-0.2, -0.15) is 0 Å². The Morgan fingerprint density at radius 3 is 1.69 bits per heavy atom. The third-order valence-electron chi connectivity index (χ3n) is 2.46. The van der Waals surface area contributed by atoms with E-state index < -0.39 is 7.92 Å². The van der Waals surface area contributed by atoms with Crippen molar-refractivity contribution in [1.82, 2.24) is 0 Å². The second-order valence-electron chi connectivity index (χ2n) is 6.17. The van der Waals surface area contributed by atoms with E-state index in [1.807, 2.05) is 12.1 Å². The van der Waals surface area contributed by atoms with E-state index in [2.05, 4.69) is 47.6 Å². The first-order valence-electron chi connectivity index (χ1n) is 5.72. The lowest BCUT2D eigenvalue weighted by molar-refractivity contribution is 0.479. The number of rotatable bonds is 1. The number of phenols is 1. The first kappa shape index (κ1) is 13.5. The fourth-order valence-electron chi connectivity index (χ4n) is 2.38. The molecule has 0 aromatic heterocycles. The van der Waals surface area contributed by atoms with Gasteiger partial charge in [0.2, 0.25) is 0 Å². The lowest BCUT2D eigenvalue weighted by Crippen LogP contribution is -2.31. The first-order valence-corrected chi connectivity index (χ1v) is 7.06. The summed E-state index contributed by atoms with van der Waals surface area (Å²) in [5.41, 5.74) is 0. The fraction of sp³-hybridized carbons (Fsp3) is 0.571. The standard InChI is InChI=1S/C14H23OP/c1-13(2,3)16(14(4,5)6)12-10-8-7-9-11(12)15/h7-10,15H,1-6H3. The van der Waals surface area contributed by atoms with Crippen LogP contribution in [0, 0.1) is 0 Å². The molecule has 0 unspecified atom stereocenters. The Morgan fingerprint density at radius 1 is 0.875 bits per heavy atom. The molecule has 16 heavy (non-hydrogen) atoms. The van der Waals surface area contributed by atoms with Crippen LogP contribution in [0.3, 0.4) is 0 Å². The van der Waals surface area contributed by atoms with Crippen LogP contribution in [-0.2, 0) is 0 Å². The molecule has 1 rings (SSSR count). The summed E-state index contributed by atoms with van der Waals surface area (Å²) in [5.74, 6) is 0.443. The molecular weight excluding hydrogens is 215 g/mol. The predicted octanol–water partition coefficient (Wildman–Crippen LogP) is 4.10. The minimum Gasteiger partial charge on any atom is -0.507 e. The van der Waals surface area contributed by atoms with E-state index in [-0.39, 0.29) is 10.3 Å². The topological polar surface area (TPSA) is 20.2 Å². The van der Waals surface area contributed by atoms with Gasteiger partial charge >= 0.3 is 0 Å². The Hall–Kier alpha value is -0.550. The Balaban J connectivity index is 3.29. The van der Waals surface area contributed by atoms with E-state index >= 15 is 0 Å². The highest BCUT2D eigenvalue weighted by Gasteiger charge is 2.36. The maximum absolute atomic E-state index is 10.0. The summed E-state index contributed by atoms with van der Waals surface area (Å²) in [6.07, 6.45) is 0. The van der Waals surface area contributed by atoms with E-state index in [0.717, 1.165) is 5.30 Å². The zero-order chi connectivity index (χ0) is 12.6. The van der Waals surface area contributed by atoms with Gasteiger partial charge in [-0.3, -0.25) is 0 Å². The molecule has 0 amide bonds. The summed E-state index contributed by atoms with van der Waals surface area (Å²) in [6.45, 7) is 13.6. The molecule has 1 aromatic rings. The van der Waals surface area contributed by atoms with Crippen molar-refractivity contribution in [2.45, 2.75) is 51.9 Å². The molecule has 1 N–H and O–H groups in total. The van der Waals surface area contributed by atoms with Gasteiger partial charge in [-0.25, -0.2) is 0 Å². The normalized spacial score (nSPS) is 13.2. The van der Waals surface area contributed by atoms with Crippen LogP contribution in [0.25, 0.3) is 0 Å². The zero-order valence-electron chi connectivity index (χ0n) is 11.2. The Bertz CT molecular complexity index is 344. The molecule has 0 spiro atoms. The highest BCUT2D eigenvalue weighted by atomic mass is 31.1. The average molecular weight is 238 g/mol. The van der Waals surface area contributed by atoms with Gasteiger partial charge in [0.1, 0.15) is 5.75 Å². The molecule has 0 radical (unpaired) electrons. The van der Waals surface area contributed by atoms with E-state index in [1.54, 1.807) is 6.07 Å². The van der Waals surface area contributed by atoms with E-state index in [4.69, 9.17) is 0 Å². The van der Waals surface area contributed by atoms with Gasteiger partial charge in [0.15, 0.2) is 0 Å². The number of aromatic hydroxyl groups is 1. The quantitative estimate of drug-likeness (QED) is 0.730. The second-order valence-corrected chi connectivity index (χ2v) is 10.0. The summed E-state index contributed by atoms with van der Waals surface area (Å²) < 4.78 is 0. The molecule has 0 saturated heterocycles. The summed E-state index contributed by atoms with van der Waals surface area (Å²) in [5, 5.41) is 11.5. The fourth-order valence-corrected chi connectivity index (χ4v) is 6.38. The maximum Gasteiger partial charge on any atom is 0.123 e. The van der Waals surface area contributed by atoms with Gasteiger partial charge in [0.25, 0.3) is 0 Å². The van der Waals surface area contributed by atoms with Crippen LogP contribution in [-0.4, -0.2) is 15.4 Å². The number of para-hydroxylation sites is 1. The van der Waals surface area contributed by atoms with Crippen LogP contribution in [0.2, 0.25) is 0 Å². The van der Waals surface area contributed by atoms with Gasteiger partial charge < -0.3 is 5.11 Å². The average Bonchev–Trinajstić information content (AvgIpc) is 2.03. The van der Waals surface area contributed by atoms with Crippen molar-refractivity contribution in [1.29, 1.82) is 0 Å². The molecule has 0 heterocycles. The minimum atomic E-state index is -0.409. The molecule has 0 fully saturated rings. The molecule has 0 atom stereocenters. The summed E-state index contributed by atoms with van der Waals surface area (Å²) in [7, 11) is -0.409. The van der Waals surface area contributed by atoms with Gasteiger partial charge in [0, 0.05) is 5.30 Å². The SMILES string of the molecule is CC(C)(C)P(c1ccccc1O)C(C)(C)C. The molecular formula is C14H23OP. The van der Waals surface area contributed by atoms with Crippen molar-refractivity contribution in [2.75, 3.05) is 0 Å². The first-order chi connectivity index (χ1) is 7.14.